The highest BCUT2D eigenvalue weighted by atomic mass is 19.4. The minimum atomic E-state index is -4.41. The van der Waals surface area contributed by atoms with Crippen LogP contribution in [0.15, 0.2) is 36.7 Å². The molecule has 0 spiro atoms. The SMILES string of the molecule is O=[N+]([O-])c1cnn(-c2ccc(C(F)(F)F)cc2)c1. The molecule has 8 heteroatoms. The van der Waals surface area contributed by atoms with E-state index in [0.29, 0.717) is 5.69 Å². The molecule has 0 unspecified atom stereocenters. The van der Waals surface area contributed by atoms with Crippen LogP contribution in [0.5, 0.6) is 0 Å². The summed E-state index contributed by atoms with van der Waals surface area (Å²) in [6.07, 6.45) is -2.26. The summed E-state index contributed by atoms with van der Waals surface area (Å²) in [6.45, 7) is 0. The van der Waals surface area contributed by atoms with Gasteiger partial charge in [-0.15, -0.1) is 0 Å². The Kier molecular flexibility index (Phi) is 2.77. The lowest BCUT2D eigenvalue weighted by molar-refractivity contribution is -0.384. The van der Waals surface area contributed by atoms with Gasteiger partial charge in [-0.1, -0.05) is 0 Å². The summed E-state index contributed by atoms with van der Waals surface area (Å²) in [4.78, 5) is 9.80. The maximum atomic E-state index is 12.3. The number of benzene rings is 1. The van der Waals surface area contributed by atoms with Crippen LogP contribution in [0.4, 0.5) is 18.9 Å². The van der Waals surface area contributed by atoms with E-state index in [1.54, 1.807) is 0 Å². The molecular formula is C10H6F3N3O2. The molecular weight excluding hydrogens is 251 g/mol. The number of nitro groups is 1. The molecule has 18 heavy (non-hydrogen) atoms. The van der Waals surface area contributed by atoms with Crippen LogP contribution in [-0.4, -0.2) is 14.7 Å². The first-order valence-corrected chi connectivity index (χ1v) is 4.74. The van der Waals surface area contributed by atoms with Gasteiger partial charge in [0.15, 0.2) is 0 Å². The molecule has 1 heterocycles. The monoisotopic (exact) mass is 257 g/mol. The third-order valence-corrected chi connectivity index (χ3v) is 2.24. The smallest absolute Gasteiger partial charge is 0.258 e. The number of halogens is 3. The summed E-state index contributed by atoms with van der Waals surface area (Å²) in [5.41, 5.74) is -0.695. The minimum Gasteiger partial charge on any atom is -0.258 e. The summed E-state index contributed by atoms with van der Waals surface area (Å²) in [7, 11) is 0. The third-order valence-electron chi connectivity index (χ3n) is 2.24. The van der Waals surface area contributed by atoms with Crippen LogP contribution in [0.25, 0.3) is 5.69 Å². The molecule has 0 radical (unpaired) electrons. The van der Waals surface area contributed by atoms with Crippen molar-refractivity contribution in [2.24, 2.45) is 0 Å². The normalized spacial score (nSPS) is 11.5. The zero-order chi connectivity index (χ0) is 13.3. The lowest BCUT2D eigenvalue weighted by Gasteiger charge is -2.07. The van der Waals surface area contributed by atoms with Gasteiger partial charge in [0.2, 0.25) is 0 Å². The fraction of sp³-hybridized carbons (Fsp3) is 0.100. The molecule has 94 valence electrons. The zero-order valence-electron chi connectivity index (χ0n) is 8.76. The first kappa shape index (κ1) is 12.1. The molecule has 0 amide bonds. The topological polar surface area (TPSA) is 61.0 Å². The number of aromatic nitrogens is 2. The molecule has 0 aliphatic rings. The molecule has 0 saturated heterocycles. The standard InChI is InChI=1S/C10H6F3N3O2/c11-10(12,13)7-1-3-8(4-2-7)15-6-9(5-14-15)16(17)18/h1-6H. The van der Waals surface area contributed by atoms with Crippen molar-refractivity contribution in [3.63, 3.8) is 0 Å². The van der Waals surface area contributed by atoms with Crippen molar-refractivity contribution >= 4 is 5.69 Å². The van der Waals surface area contributed by atoms with E-state index in [1.165, 1.54) is 12.1 Å². The van der Waals surface area contributed by atoms with Crippen LogP contribution in [0.3, 0.4) is 0 Å². The van der Waals surface area contributed by atoms with Crippen LogP contribution in [0, 0.1) is 10.1 Å². The molecule has 0 atom stereocenters. The van der Waals surface area contributed by atoms with Crippen LogP contribution < -0.4 is 0 Å². The number of nitrogens with zero attached hydrogens (tertiary/aromatic N) is 3. The Hall–Kier alpha value is -2.38. The number of alkyl halides is 3. The van der Waals surface area contributed by atoms with E-state index >= 15 is 0 Å². The first-order valence-electron chi connectivity index (χ1n) is 4.74. The molecule has 0 aliphatic heterocycles. The highest BCUT2D eigenvalue weighted by Gasteiger charge is 2.30. The highest BCUT2D eigenvalue weighted by Crippen LogP contribution is 2.29. The second-order valence-electron chi connectivity index (χ2n) is 3.44. The molecule has 0 N–H and O–H groups in total. The Bertz CT molecular complexity index is 575. The van der Waals surface area contributed by atoms with Gasteiger partial charge in [-0.2, -0.15) is 18.3 Å². The van der Waals surface area contributed by atoms with E-state index in [-0.39, 0.29) is 5.69 Å². The van der Waals surface area contributed by atoms with Crippen molar-refractivity contribution in [1.29, 1.82) is 0 Å². The van der Waals surface area contributed by atoms with Crippen molar-refractivity contribution in [2.75, 3.05) is 0 Å². The molecule has 2 aromatic rings. The molecule has 2 rings (SSSR count). The maximum absolute atomic E-state index is 12.3. The van der Waals surface area contributed by atoms with Crippen LogP contribution >= 0.6 is 0 Å². The van der Waals surface area contributed by atoms with Gasteiger partial charge in [-0.25, -0.2) is 4.68 Å². The van der Waals surface area contributed by atoms with Gasteiger partial charge in [0, 0.05) is 0 Å². The minimum absolute atomic E-state index is 0.227. The van der Waals surface area contributed by atoms with Gasteiger partial charge < -0.3 is 0 Å². The average Bonchev–Trinajstić information content (AvgIpc) is 2.77. The van der Waals surface area contributed by atoms with Crippen molar-refractivity contribution < 1.29 is 18.1 Å². The second-order valence-corrected chi connectivity index (χ2v) is 3.44. The Morgan fingerprint density at radius 1 is 1.22 bits per heavy atom. The van der Waals surface area contributed by atoms with E-state index in [0.717, 1.165) is 29.2 Å². The van der Waals surface area contributed by atoms with Crippen molar-refractivity contribution in [3.8, 4) is 5.69 Å². The fourth-order valence-corrected chi connectivity index (χ4v) is 1.35. The average molecular weight is 257 g/mol. The largest absolute Gasteiger partial charge is 0.416 e. The Balaban J connectivity index is 2.31. The van der Waals surface area contributed by atoms with Gasteiger partial charge >= 0.3 is 11.9 Å². The van der Waals surface area contributed by atoms with Crippen molar-refractivity contribution in [3.05, 3.63) is 52.3 Å². The Morgan fingerprint density at radius 3 is 2.28 bits per heavy atom. The van der Waals surface area contributed by atoms with Crippen LogP contribution in [-0.2, 0) is 6.18 Å². The van der Waals surface area contributed by atoms with Crippen molar-refractivity contribution in [1.82, 2.24) is 9.78 Å². The predicted molar refractivity (Wildman–Crippen MR) is 55.2 cm³/mol. The van der Waals surface area contributed by atoms with Crippen molar-refractivity contribution in [2.45, 2.75) is 6.18 Å². The summed E-state index contributed by atoms with van der Waals surface area (Å²) < 4.78 is 38.1. The quantitative estimate of drug-likeness (QED) is 0.613. The van der Waals surface area contributed by atoms with E-state index < -0.39 is 16.7 Å². The highest BCUT2D eigenvalue weighted by molar-refractivity contribution is 5.37. The van der Waals surface area contributed by atoms with Crippen LogP contribution in [0.1, 0.15) is 5.56 Å². The molecule has 5 nitrogen and oxygen atoms in total. The maximum Gasteiger partial charge on any atom is 0.416 e. The molecule has 0 aliphatic carbocycles. The molecule has 0 saturated carbocycles. The molecule has 0 fully saturated rings. The first-order chi connectivity index (χ1) is 8.38. The van der Waals surface area contributed by atoms with Gasteiger partial charge in [-0.3, -0.25) is 10.1 Å². The Labute approximate surface area is 98.6 Å². The van der Waals surface area contributed by atoms with E-state index in [9.17, 15) is 23.3 Å². The molecule has 1 aromatic heterocycles. The van der Waals surface area contributed by atoms with E-state index in [4.69, 9.17) is 0 Å². The summed E-state index contributed by atoms with van der Waals surface area (Å²) in [6, 6.07) is 4.17. The Morgan fingerprint density at radius 2 is 1.83 bits per heavy atom. The van der Waals surface area contributed by atoms with Gasteiger partial charge in [-0.05, 0) is 24.3 Å². The number of hydrogen-bond acceptors (Lipinski definition) is 3. The predicted octanol–water partition coefficient (Wildman–Crippen LogP) is 2.80. The lowest BCUT2D eigenvalue weighted by Crippen LogP contribution is -2.05. The van der Waals surface area contributed by atoms with E-state index in [2.05, 4.69) is 5.10 Å². The van der Waals surface area contributed by atoms with E-state index in [1.807, 2.05) is 0 Å². The summed E-state index contributed by atoms with van der Waals surface area (Å²) in [5, 5.41) is 14.1. The van der Waals surface area contributed by atoms with Crippen LogP contribution in [0.2, 0.25) is 0 Å². The van der Waals surface area contributed by atoms with Gasteiger partial charge in [0.05, 0.1) is 16.2 Å². The zero-order valence-corrected chi connectivity index (χ0v) is 8.76. The molecule has 0 bridgehead atoms. The second kappa shape index (κ2) is 4.13. The molecule has 1 aromatic carbocycles. The van der Waals surface area contributed by atoms with Gasteiger partial charge in [0.1, 0.15) is 12.4 Å². The lowest BCUT2D eigenvalue weighted by atomic mass is 10.2. The summed E-state index contributed by atoms with van der Waals surface area (Å²) >= 11 is 0. The summed E-state index contributed by atoms with van der Waals surface area (Å²) in [5.74, 6) is 0. The fourth-order valence-electron chi connectivity index (χ4n) is 1.35. The van der Waals surface area contributed by atoms with Gasteiger partial charge in [0.25, 0.3) is 0 Å². The number of rotatable bonds is 2. The number of hydrogen-bond donors (Lipinski definition) is 0. The third kappa shape index (κ3) is 2.31.